The van der Waals surface area contributed by atoms with Gasteiger partial charge in [-0.1, -0.05) is 20.8 Å². The van der Waals surface area contributed by atoms with Crippen molar-refractivity contribution in [3.63, 3.8) is 0 Å². The van der Waals surface area contributed by atoms with Gasteiger partial charge in [0, 0.05) is 11.3 Å². The standard InChI is InChI=1S/C11H16F2/c1-9(2)6-4-7(9)10(3)8(5-6)11(10,12)13/h6-8H,4-5H2,1-3H3/t6-,7-,8+,10-/m1/s1. The Hall–Kier alpha value is -0.140. The summed E-state index contributed by atoms with van der Waals surface area (Å²) in [5, 5.41) is 0. The highest BCUT2D eigenvalue weighted by molar-refractivity contribution is 5.28. The molecule has 0 radical (unpaired) electrons. The van der Waals surface area contributed by atoms with Crippen LogP contribution in [0.5, 0.6) is 0 Å². The maximum absolute atomic E-state index is 13.5. The highest BCUT2D eigenvalue weighted by Gasteiger charge is 2.86. The molecular weight excluding hydrogens is 170 g/mol. The number of rotatable bonds is 0. The Morgan fingerprint density at radius 3 is 1.92 bits per heavy atom. The minimum absolute atomic E-state index is 0.186. The van der Waals surface area contributed by atoms with Crippen molar-refractivity contribution in [1.29, 1.82) is 0 Å². The average molecular weight is 186 g/mol. The van der Waals surface area contributed by atoms with Crippen molar-refractivity contribution < 1.29 is 8.78 Å². The molecule has 2 heteroatoms. The molecule has 0 amide bonds. The first-order valence-electron chi connectivity index (χ1n) is 5.20. The van der Waals surface area contributed by atoms with Crippen LogP contribution < -0.4 is 0 Å². The van der Waals surface area contributed by atoms with Gasteiger partial charge in [0.05, 0.1) is 0 Å². The maximum Gasteiger partial charge on any atom is 0.257 e. The molecule has 4 aliphatic rings. The van der Waals surface area contributed by atoms with Crippen LogP contribution in [0.4, 0.5) is 8.78 Å². The highest BCUT2D eigenvalue weighted by Crippen LogP contribution is 2.83. The van der Waals surface area contributed by atoms with E-state index in [9.17, 15) is 8.78 Å². The molecule has 0 spiro atoms. The van der Waals surface area contributed by atoms with E-state index in [4.69, 9.17) is 0 Å². The number of halogens is 2. The van der Waals surface area contributed by atoms with E-state index in [0.717, 1.165) is 12.8 Å². The lowest BCUT2D eigenvalue weighted by atomic mass is 9.45. The Bertz CT molecular complexity index is 280. The second kappa shape index (κ2) is 1.68. The van der Waals surface area contributed by atoms with Crippen molar-refractivity contribution in [2.24, 2.45) is 28.6 Å². The van der Waals surface area contributed by atoms with Gasteiger partial charge in [-0.3, -0.25) is 0 Å². The SMILES string of the molecule is CC1(C)[C@@H]2C[C@H]1[C@]1(C)[C@H](C2)C1(F)F. The minimum atomic E-state index is -2.35. The molecule has 0 aromatic rings. The van der Waals surface area contributed by atoms with Gasteiger partial charge < -0.3 is 0 Å². The molecule has 0 nitrogen and oxygen atoms in total. The van der Waals surface area contributed by atoms with Crippen LogP contribution >= 0.6 is 0 Å². The van der Waals surface area contributed by atoms with Gasteiger partial charge in [0.25, 0.3) is 5.92 Å². The summed E-state index contributed by atoms with van der Waals surface area (Å²) in [6.45, 7) is 6.14. The topological polar surface area (TPSA) is 0 Å². The number of hydrogen-bond acceptors (Lipinski definition) is 0. The molecule has 0 aliphatic heterocycles. The summed E-state index contributed by atoms with van der Waals surface area (Å²) in [7, 11) is 0. The van der Waals surface area contributed by atoms with Crippen LogP contribution in [0.1, 0.15) is 33.6 Å². The summed E-state index contributed by atoms with van der Waals surface area (Å²) in [5.41, 5.74) is -0.448. The van der Waals surface area contributed by atoms with Crippen LogP contribution in [0.3, 0.4) is 0 Å². The van der Waals surface area contributed by atoms with Crippen molar-refractivity contribution in [3.05, 3.63) is 0 Å². The molecule has 0 aromatic carbocycles. The molecule has 4 rings (SSSR count). The Balaban J connectivity index is 2.01. The second-order valence-corrected chi connectivity index (χ2v) is 6.00. The van der Waals surface area contributed by atoms with E-state index in [0.29, 0.717) is 5.92 Å². The first kappa shape index (κ1) is 8.19. The molecule has 0 unspecified atom stereocenters. The molecule has 4 aliphatic carbocycles. The van der Waals surface area contributed by atoms with Crippen molar-refractivity contribution >= 4 is 0 Å². The lowest BCUT2D eigenvalue weighted by Gasteiger charge is -2.58. The summed E-state index contributed by atoms with van der Waals surface area (Å²) in [6.07, 6.45) is 1.82. The Morgan fingerprint density at radius 2 is 1.54 bits per heavy atom. The summed E-state index contributed by atoms with van der Waals surface area (Å²) in [6, 6.07) is 0. The summed E-state index contributed by atoms with van der Waals surface area (Å²) in [5.74, 6) is -1.78. The van der Waals surface area contributed by atoms with Crippen LogP contribution in [-0.2, 0) is 0 Å². The third-order valence-corrected chi connectivity index (χ3v) is 5.51. The molecule has 0 saturated heterocycles. The third kappa shape index (κ3) is 0.573. The third-order valence-electron chi connectivity index (χ3n) is 5.51. The van der Waals surface area contributed by atoms with Gasteiger partial charge >= 0.3 is 0 Å². The zero-order chi connectivity index (χ0) is 9.65. The summed E-state index contributed by atoms with van der Waals surface area (Å²) in [4.78, 5) is 0. The van der Waals surface area contributed by atoms with Gasteiger partial charge in [-0.25, -0.2) is 8.78 Å². The fourth-order valence-corrected chi connectivity index (χ4v) is 4.22. The molecule has 4 saturated carbocycles. The quantitative estimate of drug-likeness (QED) is 0.544. The fraction of sp³-hybridized carbons (Fsp3) is 1.00. The van der Waals surface area contributed by atoms with Crippen LogP contribution in [0.25, 0.3) is 0 Å². The van der Waals surface area contributed by atoms with E-state index < -0.39 is 11.3 Å². The van der Waals surface area contributed by atoms with Crippen LogP contribution in [0, 0.1) is 28.6 Å². The molecule has 0 heterocycles. The van der Waals surface area contributed by atoms with E-state index in [1.54, 1.807) is 6.92 Å². The Labute approximate surface area is 77.7 Å². The zero-order valence-corrected chi connectivity index (χ0v) is 8.40. The molecule has 74 valence electrons. The molecule has 13 heavy (non-hydrogen) atoms. The monoisotopic (exact) mass is 186 g/mol. The van der Waals surface area contributed by atoms with Crippen LogP contribution in [-0.4, -0.2) is 5.92 Å². The molecule has 4 atom stereocenters. The summed E-state index contributed by atoms with van der Waals surface area (Å²) >= 11 is 0. The molecular formula is C11H16F2. The van der Waals surface area contributed by atoms with Gasteiger partial charge in [-0.15, -0.1) is 0 Å². The van der Waals surface area contributed by atoms with Crippen molar-refractivity contribution in [2.45, 2.75) is 39.5 Å². The van der Waals surface area contributed by atoms with Gasteiger partial charge in [-0.05, 0) is 30.1 Å². The molecule has 4 fully saturated rings. The van der Waals surface area contributed by atoms with E-state index in [-0.39, 0.29) is 17.3 Å². The molecule has 0 N–H and O–H groups in total. The van der Waals surface area contributed by atoms with Crippen molar-refractivity contribution in [3.8, 4) is 0 Å². The Kier molecular flexibility index (Phi) is 1.06. The summed E-state index contributed by atoms with van der Waals surface area (Å²) < 4.78 is 27.0. The maximum atomic E-state index is 13.5. The van der Waals surface area contributed by atoms with E-state index in [1.807, 2.05) is 0 Å². The van der Waals surface area contributed by atoms with Gasteiger partial charge in [-0.2, -0.15) is 0 Å². The van der Waals surface area contributed by atoms with Crippen molar-refractivity contribution in [2.75, 3.05) is 0 Å². The predicted octanol–water partition coefficient (Wildman–Crippen LogP) is 3.32. The minimum Gasteiger partial charge on any atom is -0.206 e. The number of hydrogen-bond donors (Lipinski definition) is 0. The van der Waals surface area contributed by atoms with E-state index >= 15 is 0 Å². The normalized spacial score (nSPS) is 59.3. The predicted molar refractivity (Wildman–Crippen MR) is 46.5 cm³/mol. The molecule has 2 bridgehead atoms. The van der Waals surface area contributed by atoms with E-state index in [2.05, 4.69) is 13.8 Å². The zero-order valence-electron chi connectivity index (χ0n) is 8.40. The van der Waals surface area contributed by atoms with E-state index in [1.165, 1.54) is 0 Å². The van der Waals surface area contributed by atoms with Crippen molar-refractivity contribution in [1.82, 2.24) is 0 Å². The first-order chi connectivity index (χ1) is 5.83. The lowest BCUT2D eigenvalue weighted by molar-refractivity contribution is -0.117. The largest absolute Gasteiger partial charge is 0.257 e. The smallest absolute Gasteiger partial charge is 0.206 e. The molecule has 0 aromatic heterocycles. The fourth-order valence-electron chi connectivity index (χ4n) is 4.22. The second-order valence-electron chi connectivity index (χ2n) is 6.00. The highest BCUT2D eigenvalue weighted by atomic mass is 19.3. The van der Waals surface area contributed by atoms with Gasteiger partial charge in [0.1, 0.15) is 0 Å². The van der Waals surface area contributed by atoms with Gasteiger partial charge in [0.2, 0.25) is 0 Å². The first-order valence-corrected chi connectivity index (χ1v) is 5.20. The lowest BCUT2D eigenvalue weighted by Crippen LogP contribution is -2.53. The van der Waals surface area contributed by atoms with Crippen LogP contribution in [0.15, 0.2) is 0 Å². The van der Waals surface area contributed by atoms with Gasteiger partial charge in [0.15, 0.2) is 0 Å². The van der Waals surface area contributed by atoms with Crippen LogP contribution in [0.2, 0.25) is 0 Å². The number of alkyl halides is 2. The Morgan fingerprint density at radius 1 is 1.00 bits per heavy atom. The average Bonchev–Trinajstić information content (AvgIpc) is 2.46.